The lowest BCUT2D eigenvalue weighted by Gasteiger charge is -2.31. The number of ether oxygens (including phenoxy) is 3. The van der Waals surface area contributed by atoms with Crippen LogP contribution < -0.4 is 4.90 Å². The van der Waals surface area contributed by atoms with E-state index in [2.05, 4.69) is 0 Å². The Balaban J connectivity index is 1.87. The summed E-state index contributed by atoms with van der Waals surface area (Å²) in [5.74, 6) is -1.57. The van der Waals surface area contributed by atoms with Crippen LogP contribution in [0.5, 0.6) is 0 Å². The molecule has 1 aliphatic heterocycles. The normalized spacial score (nSPS) is 14.0. The summed E-state index contributed by atoms with van der Waals surface area (Å²) < 4.78 is 28.1. The number of anilines is 1. The van der Waals surface area contributed by atoms with Gasteiger partial charge in [0.05, 0.1) is 26.4 Å². The van der Waals surface area contributed by atoms with Crippen molar-refractivity contribution >= 4 is 29.4 Å². The summed E-state index contributed by atoms with van der Waals surface area (Å²) in [6.07, 6.45) is 0. The van der Waals surface area contributed by atoms with Crippen LogP contribution in [0.15, 0.2) is 69.6 Å². The number of nitrogens with zero attached hydrogens (tertiary/aromatic N) is 1. The van der Waals surface area contributed by atoms with Crippen LogP contribution in [0.2, 0.25) is 0 Å². The summed E-state index contributed by atoms with van der Waals surface area (Å²) in [7, 11) is 2.49. The van der Waals surface area contributed by atoms with Crippen LogP contribution in [0.4, 0.5) is 10.1 Å². The van der Waals surface area contributed by atoms with E-state index in [-0.39, 0.29) is 30.4 Å². The number of carbonyl (C=O) groups is 2. The number of hydrogen-bond donors (Lipinski definition) is 0. The highest BCUT2D eigenvalue weighted by molar-refractivity contribution is 7.99. The van der Waals surface area contributed by atoms with E-state index in [0.717, 1.165) is 9.79 Å². The van der Waals surface area contributed by atoms with E-state index >= 15 is 0 Å². The summed E-state index contributed by atoms with van der Waals surface area (Å²) in [4.78, 5) is 27.7. The Kier molecular flexibility index (Phi) is 6.33. The monoisotopic (exact) mass is 403 g/mol. The maximum atomic E-state index is 13.0. The molecule has 8 heteroatoms. The van der Waals surface area contributed by atoms with Crippen LogP contribution in [0.1, 0.15) is 0 Å². The van der Waals surface area contributed by atoms with Crippen molar-refractivity contribution in [2.75, 3.05) is 32.5 Å². The molecular weight excluding hydrogens is 385 g/mol. The number of hydrogen-bond acceptors (Lipinski definition) is 7. The van der Waals surface area contributed by atoms with Gasteiger partial charge >= 0.3 is 11.9 Å². The second-order valence-electron chi connectivity index (χ2n) is 5.77. The average Bonchev–Trinajstić information content (AvgIpc) is 2.74. The fourth-order valence-electron chi connectivity index (χ4n) is 2.68. The molecule has 146 valence electrons. The van der Waals surface area contributed by atoms with Gasteiger partial charge in [0.1, 0.15) is 18.2 Å². The van der Waals surface area contributed by atoms with Crippen LogP contribution in [-0.2, 0) is 23.8 Å². The van der Waals surface area contributed by atoms with E-state index in [4.69, 9.17) is 14.2 Å². The Morgan fingerprint density at radius 2 is 1.54 bits per heavy atom. The van der Waals surface area contributed by atoms with Crippen molar-refractivity contribution in [2.45, 2.75) is 9.79 Å². The molecule has 0 fully saturated rings. The Morgan fingerprint density at radius 3 is 2.11 bits per heavy atom. The zero-order chi connectivity index (χ0) is 20.1. The van der Waals surface area contributed by atoms with Crippen LogP contribution in [-0.4, -0.2) is 39.5 Å². The summed E-state index contributed by atoms with van der Waals surface area (Å²) in [6, 6.07) is 13.6. The zero-order valence-electron chi connectivity index (χ0n) is 15.3. The number of carbonyl (C=O) groups excluding carboxylic acids is 2. The number of methoxy groups -OCH3 is 2. The lowest BCUT2D eigenvalue weighted by atomic mass is 10.1. The Labute approximate surface area is 165 Å². The molecule has 28 heavy (non-hydrogen) atoms. The molecule has 2 aromatic rings. The molecule has 0 saturated carbocycles. The van der Waals surface area contributed by atoms with Crippen molar-refractivity contribution in [2.24, 2.45) is 0 Å². The topological polar surface area (TPSA) is 65.1 Å². The second-order valence-corrected chi connectivity index (χ2v) is 6.91. The summed E-state index contributed by atoms with van der Waals surface area (Å²) >= 11 is 1.48. The van der Waals surface area contributed by atoms with Gasteiger partial charge in [0, 0.05) is 15.5 Å². The molecule has 0 bridgehead atoms. The van der Waals surface area contributed by atoms with Gasteiger partial charge < -0.3 is 19.1 Å². The summed E-state index contributed by atoms with van der Waals surface area (Å²) in [5.41, 5.74) is 0.856. The smallest absolute Gasteiger partial charge is 0.355 e. The van der Waals surface area contributed by atoms with Gasteiger partial charge in [-0.15, -0.1) is 0 Å². The molecule has 0 spiro atoms. The van der Waals surface area contributed by atoms with Crippen molar-refractivity contribution in [3.05, 3.63) is 65.6 Å². The molecule has 6 nitrogen and oxygen atoms in total. The largest absolute Gasteiger partial charge is 0.466 e. The number of rotatable bonds is 5. The van der Waals surface area contributed by atoms with Crippen molar-refractivity contribution in [3.8, 4) is 0 Å². The van der Waals surface area contributed by atoms with Crippen LogP contribution in [0.25, 0.3) is 0 Å². The molecule has 0 aromatic heterocycles. The number of halogens is 1. The van der Waals surface area contributed by atoms with Crippen LogP contribution >= 0.6 is 11.8 Å². The van der Waals surface area contributed by atoms with E-state index in [9.17, 15) is 14.0 Å². The molecule has 1 heterocycles. The minimum absolute atomic E-state index is 0.0356. The molecule has 2 aromatic carbocycles. The Morgan fingerprint density at radius 1 is 0.964 bits per heavy atom. The first-order valence-electron chi connectivity index (χ1n) is 8.32. The molecule has 3 rings (SSSR count). The van der Waals surface area contributed by atoms with Gasteiger partial charge in [0.2, 0.25) is 0 Å². The highest BCUT2D eigenvalue weighted by Crippen LogP contribution is 2.31. The van der Waals surface area contributed by atoms with Crippen molar-refractivity contribution in [1.82, 2.24) is 0 Å². The number of benzene rings is 2. The minimum Gasteiger partial charge on any atom is -0.466 e. The fourth-order valence-corrected chi connectivity index (χ4v) is 3.50. The molecular formula is C20H18FNO5S. The highest BCUT2D eigenvalue weighted by atomic mass is 32.2. The molecule has 1 aliphatic rings. The van der Waals surface area contributed by atoms with Gasteiger partial charge in [0.15, 0.2) is 0 Å². The SMILES string of the molecule is COC(=O)C1=C(C(=O)OC)N(c2ccc(Sc3ccc(F)cc3)cc2)COC1. The first-order valence-corrected chi connectivity index (χ1v) is 9.13. The molecule has 0 aliphatic carbocycles. The van der Waals surface area contributed by atoms with E-state index in [1.165, 1.54) is 38.1 Å². The molecule has 0 amide bonds. The van der Waals surface area contributed by atoms with E-state index in [0.29, 0.717) is 5.69 Å². The van der Waals surface area contributed by atoms with Gasteiger partial charge in [-0.2, -0.15) is 0 Å². The van der Waals surface area contributed by atoms with Crippen molar-refractivity contribution in [3.63, 3.8) is 0 Å². The first-order chi connectivity index (χ1) is 13.5. The molecule has 0 N–H and O–H groups in total. The predicted octanol–water partition coefficient (Wildman–Crippen LogP) is 3.37. The quantitative estimate of drug-likeness (QED) is 0.709. The Hall–Kier alpha value is -2.84. The minimum atomic E-state index is -0.645. The van der Waals surface area contributed by atoms with E-state index in [1.807, 2.05) is 12.1 Å². The molecule has 0 unspecified atom stereocenters. The maximum absolute atomic E-state index is 13.0. The molecule has 0 atom stereocenters. The third kappa shape index (κ3) is 4.35. The van der Waals surface area contributed by atoms with Gasteiger partial charge in [0.25, 0.3) is 0 Å². The fraction of sp³-hybridized carbons (Fsp3) is 0.200. The van der Waals surface area contributed by atoms with Crippen LogP contribution in [0, 0.1) is 5.82 Å². The van der Waals surface area contributed by atoms with Gasteiger partial charge in [-0.1, -0.05) is 11.8 Å². The van der Waals surface area contributed by atoms with Gasteiger partial charge in [-0.05, 0) is 48.5 Å². The predicted molar refractivity (Wildman–Crippen MR) is 101 cm³/mol. The van der Waals surface area contributed by atoms with Gasteiger partial charge in [-0.3, -0.25) is 0 Å². The Bertz CT molecular complexity index is 896. The average molecular weight is 403 g/mol. The zero-order valence-corrected chi connectivity index (χ0v) is 16.1. The standard InChI is InChI=1S/C20H18FNO5S/c1-25-19(23)17-11-27-12-22(18(17)20(24)26-2)14-5-9-16(10-6-14)28-15-7-3-13(21)4-8-15/h3-10H,11-12H2,1-2H3. The van der Waals surface area contributed by atoms with E-state index < -0.39 is 11.9 Å². The molecule has 0 saturated heterocycles. The lowest BCUT2D eigenvalue weighted by Crippen LogP contribution is -2.38. The van der Waals surface area contributed by atoms with E-state index in [1.54, 1.807) is 29.2 Å². The third-order valence-electron chi connectivity index (χ3n) is 4.03. The van der Waals surface area contributed by atoms with Crippen LogP contribution in [0.3, 0.4) is 0 Å². The van der Waals surface area contributed by atoms with Gasteiger partial charge in [-0.25, -0.2) is 14.0 Å². The van der Waals surface area contributed by atoms with Crippen molar-refractivity contribution in [1.29, 1.82) is 0 Å². The maximum Gasteiger partial charge on any atom is 0.355 e. The second kappa shape index (κ2) is 8.90. The summed E-state index contributed by atoms with van der Waals surface area (Å²) in [5, 5.41) is 0. The number of esters is 2. The summed E-state index contributed by atoms with van der Waals surface area (Å²) in [6.45, 7) is 0.0570. The molecule has 0 radical (unpaired) electrons. The highest BCUT2D eigenvalue weighted by Gasteiger charge is 2.32. The first kappa shape index (κ1) is 19.9. The lowest BCUT2D eigenvalue weighted by molar-refractivity contribution is -0.140. The van der Waals surface area contributed by atoms with Crippen molar-refractivity contribution < 1.29 is 28.2 Å². The third-order valence-corrected chi connectivity index (χ3v) is 5.05.